The van der Waals surface area contributed by atoms with E-state index < -0.39 is 0 Å². The lowest BCUT2D eigenvalue weighted by atomic mass is 10.2. The first-order valence-corrected chi connectivity index (χ1v) is 6.80. The molecule has 2 N–H and O–H groups in total. The largest absolute Gasteiger partial charge is 0.305 e. The second-order valence-corrected chi connectivity index (χ2v) is 5.65. The molecule has 2 heterocycles. The quantitative estimate of drug-likeness (QED) is 0.908. The lowest BCUT2D eigenvalue weighted by molar-refractivity contribution is 0.581. The third-order valence-electron chi connectivity index (χ3n) is 2.55. The summed E-state index contributed by atoms with van der Waals surface area (Å²) in [7, 11) is 0. The van der Waals surface area contributed by atoms with Gasteiger partial charge in [0.05, 0.1) is 6.20 Å². The number of halogens is 1. The Labute approximate surface area is 107 Å². The molecule has 0 aromatic carbocycles. The van der Waals surface area contributed by atoms with Gasteiger partial charge in [0.15, 0.2) is 0 Å². The Bertz CT molecular complexity index is 463. The number of aromatic nitrogens is 2. The summed E-state index contributed by atoms with van der Waals surface area (Å²) >= 11 is 5.24. The third-order valence-corrected chi connectivity index (χ3v) is 4.42. The Morgan fingerprint density at radius 1 is 1.62 bits per heavy atom. The first-order valence-electron chi connectivity index (χ1n) is 5.13. The van der Waals surface area contributed by atoms with Gasteiger partial charge in [0, 0.05) is 38.6 Å². The van der Waals surface area contributed by atoms with Crippen LogP contribution in [0.25, 0.3) is 0 Å². The molecule has 1 atom stereocenters. The van der Waals surface area contributed by atoms with Gasteiger partial charge in [-0.1, -0.05) is 0 Å². The number of hydrogen-bond donors (Lipinski definition) is 2. The molecule has 1 unspecified atom stereocenters. The molecular weight excluding hydrogens is 286 g/mol. The normalized spacial score (nSPS) is 12.9. The maximum atomic E-state index is 4.01. The Kier molecular flexibility index (Phi) is 3.78. The minimum atomic E-state index is 0.366. The van der Waals surface area contributed by atoms with E-state index in [0.29, 0.717) is 6.04 Å². The van der Waals surface area contributed by atoms with Crippen molar-refractivity contribution in [2.24, 2.45) is 0 Å². The number of nitrogens with zero attached hydrogens (tertiary/aromatic N) is 1. The molecule has 2 rings (SSSR count). The van der Waals surface area contributed by atoms with E-state index >= 15 is 0 Å². The van der Waals surface area contributed by atoms with Gasteiger partial charge in [0.25, 0.3) is 0 Å². The van der Waals surface area contributed by atoms with Crippen LogP contribution in [0.3, 0.4) is 0 Å². The zero-order valence-corrected chi connectivity index (χ0v) is 11.7. The average molecular weight is 300 g/mol. The van der Waals surface area contributed by atoms with Crippen molar-refractivity contribution in [1.82, 2.24) is 15.5 Å². The SMILES string of the molecule is Cc1[nH]ncc1CNC(C)c1cc(Br)cs1. The van der Waals surface area contributed by atoms with Crippen LogP contribution in [-0.4, -0.2) is 10.2 Å². The predicted molar refractivity (Wildman–Crippen MR) is 70.6 cm³/mol. The Morgan fingerprint density at radius 3 is 3.00 bits per heavy atom. The Hall–Kier alpha value is -0.650. The molecule has 0 aliphatic heterocycles. The fourth-order valence-corrected chi connectivity index (χ4v) is 2.95. The number of thiophene rings is 1. The molecule has 0 fully saturated rings. The summed E-state index contributed by atoms with van der Waals surface area (Å²) in [5, 5.41) is 12.5. The van der Waals surface area contributed by atoms with Crippen molar-refractivity contribution in [2.45, 2.75) is 26.4 Å². The first-order chi connectivity index (χ1) is 7.66. The van der Waals surface area contributed by atoms with Crippen molar-refractivity contribution in [3.8, 4) is 0 Å². The van der Waals surface area contributed by atoms with Crippen molar-refractivity contribution in [1.29, 1.82) is 0 Å². The van der Waals surface area contributed by atoms with Gasteiger partial charge in [-0.25, -0.2) is 0 Å². The van der Waals surface area contributed by atoms with E-state index in [-0.39, 0.29) is 0 Å². The summed E-state index contributed by atoms with van der Waals surface area (Å²) in [6.07, 6.45) is 1.87. The Balaban J connectivity index is 1.93. The van der Waals surface area contributed by atoms with E-state index in [9.17, 15) is 0 Å². The first kappa shape index (κ1) is 11.8. The summed E-state index contributed by atoms with van der Waals surface area (Å²) < 4.78 is 1.15. The third kappa shape index (κ3) is 2.72. The minimum absolute atomic E-state index is 0.366. The lowest BCUT2D eigenvalue weighted by Crippen LogP contribution is -2.17. The Morgan fingerprint density at radius 2 is 2.44 bits per heavy atom. The number of H-pyrrole nitrogens is 1. The number of aryl methyl sites for hydroxylation is 1. The fourth-order valence-electron chi connectivity index (χ4n) is 1.47. The molecule has 0 amide bonds. The molecule has 0 radical (unpaired) electrons. The van der Waals surface area contributed by atoms with Gasteiger partial charge in [-0.15, -0.1) is 11.3 Å². The molecule has 0 aliphatic rings. The number of hydrogen-bond acceptors (Lipinski definition) is 3. The standard InChI is InChI=1S/C11H14BrN3S/c1-7-9(5-14-15-7)4-13-8(2)11-3-10(12)6-16-11/h3,5-6,8,13H,4H2,1-2H3,(H,14,15). The summed E-state index contributed by atoms with van der Waals surface area (Å²) in [6, 6.07) is 2.52. The van der Waals surface area contributed by atoms with Crippen LogP contribution in [0.2, 0.25) is 0 Å². The highest BCUT2D eigenvalue weighted by atomic mass is 79.9. The molecule has 0 saturated carbocycles. The van der Waals surface area contributed by atoms with E-state index in [4.69, 9.17) is 0 Å². The summed E-state index contributed by atoms with van der Waals surface area (Å²) in [5.41, 5.74) is 2.36. The van der Waals surface area contributed by atoms with Crippen LogP contribution in [0.1, 0.15) is 29.1 Å². The number of nitrogens with one attached hydrogen (secondary N) is 2. The maximum absolute atomic E-state index is 4.01. The molecule has 16 heavy (non-hydrogen) atoms. The average Bonchev–Trinajstić information content (AvgIpc) is 2.84. The van der Waals surface area contributed by atoms with Crippen LogP contribution >= 0.6 is 27.3 Å². The highest BCUT2D eigenvalue weighted by molar-refractivity contribution is 9.10. The molecule has 2 aromatic rings. The maximum Gasteiger partial charge on any atom is 0.0535 e. The molecule has 5 heteroatoms. The monoisotopic (exact) mass is 299 g/mol. The summed E-state index contributed by atoms with van der Waals surface area (Å²) in [6.45, 7) is 5.06. The van der Waals surface area contributed by atoms with Gasteiger partial charge < -0.3 is 5.32 Å². The predicted octanol–water partition coefficient (Wildman–Crippen LogP) is 3.39. The van der Waals surface area contributed by atoms with Crippen LogP contribution in [-0.2, 0) is 6.54 Å². The highest BCUT2D eigenvalue weighted by Gasteiger charge is 2.08. The van der Waals surface area contributed by atoms with Gasteiger partial charge in [-0.05, 0) is 35.8 Å². The van der Waals surface area contributed by atoms with Crippen LogP contribution in [0.15, 0.2) is 22.1 Å². The zero-order chi connectivity index (χ0) is 11.5. The molecular formula is C11H14BrN3S. The summed E-state index contributed by atoms with van der Waals surface area (Å²) in [4.78, 5) is 1.34. The van der Waals surface area contributed by atoms with Gasteiger partial charge in [-0.3, -0.25) is 5.10 Å². The van der Waals surface area contributed by atoms with Gasteiger partial charge >= 0.3 is 0 Å². The molecule has 86 valence electrons. The van der Waals surface area contributed by atoms with Crippen LogP contribution in [0.4, 0.5) is 0 Å². The van der Waals surface area contributed by atoms with Gasteiger partial charge in [0.2, 0.25) is 0 Å². The van der Waals surface area contributed by atoms with E-state index in [2.05, 4.69) is 49.8 Å². The van der Waals surface area contributed by atoms with Crippen molar-refractivity contribution in [2.75, 3.05) is 0 Å². The molecule has 0 aliphatic carbocycles. The van der Waals surface area contributed by atoms with Gasteiger partial charge in [0.1, 0.15) is 0 Å². The minimum Gasteiger partial charge on any atom is -0.305 e. The fraction of sp³-hybridized carbons (Fsp3) is 0.364. The van der Waals surface area contributed by atoms with E-state index in [1.165, 1.54) is 10.4 Å². The number of aromatic amines is 1. The number of rotatable bonds is 4. The van der Waals surface area contributed by atoms with E-state index in [1.807, 2.05) is 13.1 Å². The highest BCUT2D eigenvalue weighted by Crippen LogP contribution is 2.25. The topological polar surface area (TPSA) is 40.7 Å². The molecule has 3 nitrogen and oxygen atoms in total. The lowest BCUT2D eigenvalue weighted by Gasteiger charge is -2.11. The zero-order valence-electron chi connectivity index (χ0n) is 9.25. The molecule has 2 aromatic heterocycles. The second kappa shape index (κ2) is 5.12. The van der Waals surface area contributed by atoms with Crippen LogP contribution in [0.5, 0.6) is 0 Å². The molecule has 0 saturated heterocycles. The van der Waals surface area contributed by atoms with E-state index in [1.54, 1.807) is 11.3 Å². The van der Waals surface area contributed by atoms with E-state index in [0.717, 1.165) is 16.7 Å². The van der Waals surface area contributed by atoms with Crippen LogP contribution in [0, 0.1) is 6.92 Å². The van der Waals surface area contributed by atoms with Crippen molar-refractivity contribution in [3.05, 3.63) is 38.3 Å². The second-order valence-electron chi connectivity index (χ2n) is 3.79. The van der Waals surface area contributed by atoms with Crippen LogP contribution < -0.4 is 5.32 Å². The van der Waals surface area contributed by atoms with Gasteiger partial charge in [-0.2, -0.15) is 5.10 Å². The summed E-state index contributed by atoms with van der Waals surface area (Å²) in [5.74, 6) is 0. The molecule has 0 bridgehead atoms. The van der Waals surface area contributed by atoms with Crippen molar-refractivity contribution in [3.63, 3.8) is 0 Å². The van der Waals surface area contributed by atoms with Crippen molar-refractivity contribution < 1.29 is 0 Å². The molecule has 0 spiro atoms. The smallest absolute Gasteiger partial charge is 0.0535 e. The van der Waals surface area contributed by atoms with Crippen molar-refractivity contribution >= 4 is 27.3 Å².